The van der Waals surface area contributed by atoms with Gasteiger partial charge in [-0.25, -0.2) is 4.79 Å². The maximum Gasteiger partial charge on any atom is 0.344 e. The zero-order valence-corrected chi connectivity index (χ0v) is 13.6. The lowest BCUT2D eigenvalue weighted by Gasteiger charge is -2.11. The van der Waals surface area contributed by atoms with Crippen molar-refractivity contribution < 1.29 is 23.8 Å². The Morgan fingerprint density at radius 3 is 2.67 bits per heavy atom. The predicted octanol–water partition coefficient (Wildman–Crippen LogP) is 2.86. The first kappa shape index (κ1) is 17.3. The molecule has 0 saturated carbocycles. The van der Waals surface area contributed by atoms with Crippen molar-refractivity contribution in [3.63, 3.8) is 0 Å². The number of esters is 1. The van der Waals surface area contributed by atoms with E-state index in [4.69, 9.17) is 14.2 Å². The van der Waals surface area contributed by atoms with Gasteiger partial charge in [0.05, 0.1) is 12.8 Å². The molecule has 2 aromatic rings. The normalized spacial score (nSPS) is 10.6. The van der Waals surface area contributed by atoms with Gasteiger partial charge in [-0.3, -0.25) is 4.79 Å². The molecule has 6 heteroatoms. The highest BCUT2D eigenvalue weighted by Crippen LogP contribution is 2.28. The molecule has 6 nitrogen and oxygen atoms in total. The molecule has 2 rings (SSSR count). The highest BCUT2D eigenvalue weighted by molar-refractivity contribution is 5.96. The van der Waals surface area contributed by atoms with Crippen molar-refractivity contribution in [1.29, 1.82) is 0 Å². The largest absolute Gasteiger partial charge is 0.493 e. The Kier molecular flexibility index (Phi) is 6.19. The standard InChI is InChI=1S/C18H19NO5/c1-3-5-13-7-8-16(17(10-13)22-2)23-12-18(21)24-11-15(20)14-6-4-9-19-14/h3-10,19H,11-12H2,1-2H3/b5-3+. The second-order valence-corrected chi connectivity index (χ2v) is 4.87. The fraction of sp³-hybridized carbons (Fsp3) is 0.222. The van der Waals surface area contributed by atoms with Crippen molar-refractivity contribution in [2.24, 2.45) is 0 Å². The highest BCUT2D eigenvalue weighted by Gasteiger charge is 2.12. The van der Waals surface area contributed by atoms with Crippen LogP contribution < -0.4 is 9.47 Å². The summed E-state index contributed by atoms with van der Waals surface area (Å²) in [5.74, 6) is 0.00962. The number of methoxy groups -OCH3 is 1. The Morgan fingerprint density at radius 2 is 2.00 bits per heavy atom. The van der Waals surface area contributed by atoms with Crippen LogP contribution in [0.3, 0.4) is 0 Å². The number of nitrogens with one attached hydrogen (secondary N) is 1. The summed E-state index contributed by atoms with van der Waals surface area (Å²) < 4.78 is 15.5. The van der Waals surface area contributed by atoms with Crippen molar-refractivity contribution in [3.05, 3.63) is 53.9 Å². The van der Waals surface area contributed by atoms with Crippen LogP contribution in [0.15, 0.2) is 42.6 Å². The maximum atomic E-state index is 11.7. The highest BCUT2D eigenvalue weighted by atomic mass is 16.6. The van der Waals surface area contributed by atoms with Crippen molar-refractivity contribution in [2.75, 3.05) is 20.3 Å². The first-order chi connectivity index (χ1) is 11.6. The number of rotatable bonds is 8. The molecule has 0 aliphatic heterocycles. The lowest BCUT2D eigenvalue weighted by molar-refractivity contribution is -0.144. The average molecular weight is 329 g/mol. The zero-order valence-electron chi connectivity index (χ0n) is 13.6. The Hall–Kier alpha value is -3.02. The third kappa shape index (κ3) is 4.74. The van der Waals surface area contributed by atoms with E-state index < -0.39 is 5.97 Å². The van der Waals surface area contributed by atoms with E-state index in [-0.39, 0.29) is 19.0 Å². The monoisotopic (exact) mass is 329 g/mol. The van der Waals surface area contributed by atoms with Crippen LogP contribution in [-0.4, -0.2) is 37.1 Å². The molecule has 24 heavy (non-hydrogen) atoms. The van der Waals surface area contributed by atoms with Crippen LogP contribution in [0.25, 0.3) is 6.08 Å². The van der Waals surface area contributed by atoms with E-state index in [0.717, 1.165) is 5.56 Å². The summed E-state index contributed by atoms with van der Waals surface area (Å²) in [6, 6.07) is 8.67. The summed E-state index contributed by atoms with van der Waals surface area (Å²) >= 11 is 0. The smallest absolute Gasteiger partial charge is 0.344 e. The first-order valence-corrected chi connectivity index (χ1v) is 7.39. The van der Waals surface area contributed by atoms with E-state index in [1.165, 1.54) is 7.11 Å². The Balaban J connectivity index is 1.86. The van der Waals surface area contributed by atoms with Crippen LogP contribution in [0.4, 0.5) is 0 Å². The summed E-state index contributed by atoms with van der Waals surface area (Å²) in [7, 11) is 1.52. The number of H-pyrrole nitrogens is 1. The number of benzene rings is 1. The molecule has 1 heterocycles. The van der Waals surface area contributed by atoms with Crippen LogP contribution in [-0.2, 0) is 9.53 Å². The van der Waals surface area contributed by atoms with E-state index >= 15 is 0 Å². The first-order valence-electron chi connectivity index (χ1n) is 7.39. The van der Waals surface area contributed by atoms with Crippen LogP contribution in [0.2, 0.25) is 0 Å². The predicted molar refractivity (Wildman–Crippen MR) is 89.3 cm³/mol. The molecule has 0 atom stereocenters. The number of aromatic nitrogens is 1. The minimum absolute atomic E-state index is 0.304. The molecule has 0 amide bonds. The van der Waals surface area contributed by atoms with Gasteiger partial charge in [0.2, 0.25) is 5.78 Å². The summed E-state index contributed by atoms with van der Waals surface area (Å²) in [6.45, 7) is 1.28. The molecule has 0 fully saturated rings. The van der Waals surface area contributed by atoms with Crippen molar-refractivity contribution >= 4 is 17.8 Å². The molecule has 0 unspecified atom stereocenters. The Morgan fingerprint density at radius 1 is 1.17 bits per heavy atom. The van der Waals surface area contributed by atoms with Crippen molar-refractivity contribution in [3.8, 4) is 11.5 Å². The van der Waals surface area contributed by atoms with E-state index in [1.54, 1.807) is 30.5 Å². The van der Waals surface area contributed by atoms with Gasteiger partial charge in [-0.15, -0.1) is 0 Å². The lowest BCUT2D eigenvalue weighted by atomic mass is 10.2. The second-order valence-electron chi connectivity index (χ2n) is 4.87. The molecule has 1 N–H and O–H groups in total. The molecule has 0 saturated heterocycles. The zero-order chi connectivity index (χ0) is 17.4. The SMILES string of the molecule is C/C=C/c1ccc(OCC(=O)OCC(=O)c2ccc[nH]2)c(OC)c1. The number of hydrogen-bond acceptors (Lipinski definition) is 5. The number of ether oxygens (including phenoxy) is 3. The molecule has 1 aromatic carbocycles. The molecule has 0 radical (unpaired) electrons. The number of ketones is 1. The van der Waals surface area contributed by atoms with Gasteiger partial charge in [-0.05, 0) is 36.8 Å². The number of carbonyl (C=O) groups excluding carboxylic acids is 2. The number of aromatic amines is 1. The van der Waals surface area contributed by atoms with Gasteiger partial charge in [0.15, 0.2) is 24.7 Å². The van der Waals surface area contributed by atoms with Crippen LogP contribution in [0.1, 0.15) is 23.0 Å². The Bertz CT molecular complexity index is 719. The van der Waals surface area contributed by atoms with Gasteiger partial charge in [-0.2, -0.15) is 0 Å². The summed E-state index contributed by atoms with van der Waals surface area (Å²) in [4.78, 5) is 26.2. The molecular formula is C18H19NO5. The van der Waals surface area contributed by atoms with Crippen LogP contribution >= 0.6 is 0 Å². The van der Waals surface area contributed by atoms with E-state index in [9.17, 15) is 9.59 Å². The third-order valence-electron chi connectivity index (χ3n) is 3.15. The third-order valence-corrected chi connectivity index (χ3v) is 3.15. The topological polar surface area (TPSA) is 77.6 Å². The summed E-state index contributed by atoms with van der Waals surface area (Å²) in [5.41, 5.74) is 1.35. The molecule has 0 spiro atoms. The molecule has 1 aromatic heterocycles. The van der Waals surface area contributed by atoms with Gasteiger partial charge < -0.3 is 19.2 Å². The number of hydrogen-bond donors (Lipinski definition) is 1. The Labute approximate surface area is 140 Å². The number of allylic oxidation sites excluding steroid dienone is 1. The van der Waals surface area contributed by atoms with E-state index in [1.807, 2.05) is 25.1 Å². The van der Waals surface area contributed by atoms with E-state index in [0.29, 0.717) is 17.2 Å². The molecule has 0 bridgehead atoms. The van der Waals surface area contributed by atoms with Gasteiger partial charge >= 0.3 is 5.97 Å². The van der Waals surface area contributed by atoms with Gasteiger partial charge in [0.25, 0.3) is 0 Å². The quantitative estimate of drug-likeness (QED) is 0.595. The van der Waals surface area contributed by atoms with Gasteiger partial charge in [0.1, 0.15) is 0 Å². The average Bonchev–Trinajstić information content (AvgIpc) is 3.13. The minimum Gasteiger partial charge on any atom is -0.493 e. The molecule has 0 aliphatic carbocycles. The molecule has 126 valence electrons. The fourth-order valence-corrected chi connectivity index (χ4v) is 2.01. The van der Waals surface area contributed by atoms with Crippen molar-refractivity contribution in [2.45, 2.75) is 6.92 Å². The molecular weight excluding hydrogens is 310 g/mol. The van der Waals surface area contributed by atoms with Gasteiger partial charge in [-0.1, -0.05) is 18.2 Å². The minimum atomic E-state index is -0.630. The van der Waals surface area contributed by atoms with Crippen molar-refractivity contribution in [1.82, 2.24) is 4.98 Å². The lowest BCUT2D eigenvalue weighted by Crippen LogP contribution is -2.19. The van der Waals surface area contributed by atoms with Crippen LogP contribution in [0.5, 0.6) is 11.5 Å². The van der Waals surface area contributed by atoms with E-state index in [2.05, 4.69) is 4.98 Å². The number of Topliss-reactive ketones (excluding diaryl/α,β-unsaturated/α-hetero) is 1. The molecule has 0 aliphatic rings. The fourth-order valence-electron chi connectivity index (χ4n) is 2.01. The number of carbonyl (C=O) groups is 2. The summed E-state index contributed by atoms with van der Waals surface area (Å²) in [6.07, 6.45) is 5.46. The van der Waals surface area contributed by atoms with Gasteiger partial charge in [0, 0.05) is 6.20 Å². The summed E-state index contributed by atoms with van der Waals surface area (Å²) in [5, 5.41) is 0. The second kappa shape index (κ2) is 8.57. The van der Waals surface area contributed by atoms with Crippen LogP contribution in [0, 0.1) is 0 Å². The maximum absolute atomic E-state index is 11.7.